The summed E-state index contributed by atoms with van der Waals surface area (Å²) in [6.07, 6.45) is 1.53. The summed E-state index contributed by atoms with van der Waals surface area (Å²) in [4.78, 5) is 40.5. The van der Waals surface area contributed by atoms with E-state index in [9.17, 15) is 14.4 Å². The second-order valence-electron chi connectivity index (χ2n) is 9.07. The number of benzene rings is 1. The Morgan fingerprint density at radius 2 is 1.91 bits per heavy atom. The molecule has 172 valence electrons. The lowest BCUT2D eigenvalue weighted by molar-refractivity contribution is -0.142. The smallest absolute Gasteiger partial charge is 0.247 e. The molecule has 1 atom stereocenters. The van der Waals surface area contributed by atoms with Crippen LogP contribution in [0.5, 0.6) is 0 Å². The molecule has 0 bridgehead atoms. The Hall–Kier alpha value is -2.87. The number of carbonyl (C=O) groups is 3. The summed E-state index contributed by atoms with van der Waals surface area (Å²) in [6.45, 7) is 7.37. The normalized spacial score (nSPS) is 14.5. The molecule has 1 saturated carbocycles. The zero-order valence-corrected chi connectivity index (χ0v) is 19.5. The number of nitrogens with zero attached hydrogens (tertiary/aromatic N) is 2. The molecule has 0 unspecified atom stereocenters. The number of halogens is 1. The van der Waals surface area contributed by atoms with Gasteiger partial charge in [-0.2, -0.15) is 0 Å². The van der Waals surface area contributed by atoms with E-state index in [-0.39, 0.29) is 36.6 Å². The number of hydrogen-bond acceptors (Lipinski definition) is 5. The zero-order valence-electron chi connectivity index (χ0n) is 18.8. The summed E-state index contributed by atoms with van der Waals surface area (Å²) in [5.74, 6) is -0.0432. The van der Waals surface area contributed by atoms with Crippen molar-refractivity contribution in [1.29, 1.82) is 0 Å². The highest BCUT2D eigenvalue weighted by Gasteiger charge is 2.42. The third kappa shape index (κ3) is 6.32. The van der Waals surface area contributed by atoms with Gasteiger partial charge in [0.05, 0.1) is 0 Å². The molecule has 1 heterocycles. The van der Waals surface area contributed by atoms with Gasteiger partial charge >= 0.3 is 0 Å². The van der Waals surface area contributed by atoms with Crippen molar-refractivity contribution in [2.45, 2.75) is 71.0 Å². The van der Waals surface area contributed by atoms with Crippen molar-refractivity contribution in [3.8, 4) is 0 Å². The summed E-state index contributed by atoms with van der Waals surface area (Å²) in [5, 5.41) is 9.72. The van der Waals surface area contributed by atoms with Crippen molar-refractivity contribution in [3.05, 3.63) is 46.7 Å². The first kappa shape index (κ1) is 23.8. The van der Waals surface area contributed by atoms with E-state index in [0.717, 1.165) is 12.8 Å². The van der Waals surface area contributed by atoms with Crippen molar-refractivity contribution < 1.29 is 18.9 Å². The molecular formula is C23H29ClN4O4. The molecular weight excluding hydrogens is 432 g/mol. The maximum Gasteiger partial charge on any atom is 0.247 e. The highest BCUT2D eigenvalue weighted by atomic mass is 35.5. The number of hydrogen-bond donors (Lipinski definition) is 2. The predicted molar refractivity (Wildman–Crippen MR) is 121 cm³/mol. The molecule has 1 aromatic heterocycles. The second-order valence-corrected chi connectivity index (χ2v) is 9.47. The maximum absolute atomic E-state index is 13.3. The molecule has 0 radical (unpaired) electrons. The van der Waals surface area contributed by atoms with Crippen molar-refractivity contribution in [2.75, 3.05) is 5.32 Å². The Bertz CT molecular complexity index is 994. The average molecular weight is 461 g/mol. The Labute approximate surface area is 192 Å². The Balaban J connectivity index is 1.78. The molecule has 3 amide bonds. The van der Waals surface area contributed by atoms with Crippen LogP contribution in [0.15, 0.2) is 34.9 Å². The topological polar surface area (TPSA) is 105 Å². The molecule has 0 saturated heterocycles. The van der Waals surface area contributed by atoms with Gasteiger partial charge in [-0.05, 0) is 46.6 Å². The van der Waals surface area contributed by atoms with E-state index >= 15 is 0 Å². The van der Waals surface area contributed by atoms with Gasteiger partial charge < -0.3 is 20.1 Å². The van der Waals surface area contributed by atoms with Gasteiger partial charge in [-0.15, -0.1) is 0 Å². The van der Waals surface area contributed by atoms with Crippen LogP contribution in [0.3, 0.4) is 0 Å². The highest BCUT2D eigenvalue weighted by molar-refractivity contribution is 6.31. The van der Waals surface area contributed by atoms with E-state index in [2.05, 4.69) is 15.8 Å². The van der Waals surface area contributed by atoms with Gasteiger partial charge in [0.15, 0.2) is 5.82 Å². The Morgan fingerprint density at radius 3 is 2.47 bits per heavy atom. The fourth-order valence-electron chi connectivity index (χ4n) is 3.44. The first-order valence-corrected chi connectivity index (χ1v) is 11.0. The Kier molecular flexibility index (Phi) is 7.23. The minimum absolute atomic E-state index is 0.0376. The molecule has 2 aromatic rings. The van der Waals surface area contributed by atoms with Crippen LogP contribution in [-0.2, 0) is 14.4 Å². The fraction of sp³-hybridized carbons (Fsp3) is 0.478. The van der Waals surface area contributed by atoms with Gasteiger partial charge in [0, 0.05) is 41.1 Å². The molecule has 0 aliphatic heterocycles. The first-order valence-electron chi connectivity index (χ1n) is 10.7. The lowest BCUT2D eigenvalue weighted by atomic mass is 10.0. The number of aromatic nitrogens is 1. The van der Waals surface area contributed by atoms with E-state index in [0.29, 0.717) is 22.2 Å². The molecule has 9 heteroatoms. The lowest BCUT2D eigenvalue weighted by Crippen LogP contribution is -2.50. The average Bonchev–Trinajstić information content (AvgIpc) is 3.45. The largest absolute Gasteiger partial charge is 0.360 e. The predicted octanol–water partition coefficient (Wildman–Crippen LogP) is 4.00. The van der Waals surface area contributed by atoms with Gasteiger partial charge in [-0.25, -0.2) is 0 Å². The van der Waals surface area contributed by atoms with E-state index in [1.165, 1.54) is 0 Å². The molecule has 1 aliphatic carbocycles. The van der Waals surface area contributed by atoms with Crippen LogP contribution in [0.25, 0.3) is 0 Å². The third-order valence-corrected chi connectivity index (χ3v) is 5.26. The molecule has 8 nitrogen and oxygen atoms in total. The summed E-state index contributed by atoms with van der Waals surface area (Å²) in [7, 11) is 0. The van der Waals surface area contributed by atoms with E-state index in [1.807, 2.05) is 20.8 Å². The van der Waals surface area contributed by atoms with Crippen molar-refractivity contribution >= 4 is 35.1 Å². The fourth-order valence-corrected chi connectivity index (χ4v) is 3.68. The van der Waals surface area contributed by atoms with Crippen LogP contribution >= 0.6 is 11.6 Å². The van der Waals surface area contributed by atoms with Crippen molar-refractivity contribution in [1.82, 2.24) is 15.4 Å². The van der Waals surface area contributed by atoms with Crippen LogP contribution in [0.2, 0.25) is 5.02 Å². The monoisotopic (exact) mass is 460 g/mol. The van der Waals surface area contributed by atoms with Crippen LogP contribution in [0.4, 0.5) is 5.82 Å². The van der Waals surface area contributed by atoms with Gasteiger partial charge in [0.2, 0.25) is 17.7 Å². The molecule has 1 aromatic carbocycles. The van der Waals surface area contributed by atoms with E-state index < -0.39 is 11.6 Å². The summed E-state index contributed by atoms with van der Waals surface area (Å²) in [6, 6.07) is 7.71. The van der Waals surface area contributed by atoms with E-state index in [4.69, 9.17) is 16.1 Å². The number of aryl methyl sites for hydroxylation is 1. The van der Waals surface area contributed by atoms with Crippen LogP contribution in [-0.4, -0.2) is 39.4 Å². The molecule has 2 N–H and O–H groups in total. The molecule has 0 spiro atoms. The van der Waals surface area contributed by atoms with Gasteiger partial charge in [-0.3, -0.25) is 14.4 Å². The standard InChI is InChI=1S/C23H29ClN4O4/c1-14-13-18(27-32-14)25-19(29)11-12-20(30)28(15-9-10-15)21(22(31)26-23(2,3)4)16-7-5-6-8-17(16)24/h5-8,13,15,21H,9-12H2,1-4H3,(H,26,31)(H,25,27,29)/t21-/m0/s1. The Morgan fingerprint density at radius 1 is 1.22 bits per heavy atom. The van der Waals surface area contributed by atoms with Crippen molar-refractivity contribution in [2.24, 2.45) is 0 Å². The number of rotatable bonds is 8. The van der Waals surface area contributed by atoms with Gasteiger partial charge in [-0.1, -0.05) is 35.0 Å². The van der Waals surface area contributed by atoms with Crippen LogP contribution < -0.4 is 10.6 Å². The number of carbonyl (C=O) groups excluding carboxylic acids is 3. The zero-order chi connectivity index (χ0) is 23.5. The van der Waals surface area contributed by atoms with Crippen LogP contribution in [0.1, 0.15) is 63.8 Å². The molecule has 32 heavy (non-hydrogen) atoms. The maximum atomic E-state index is 13.3. The lowest BCUT2D eigenvalue weighted by Gasteiger charge is -2.34. The number of nitrogens with one attached hydrogen (secondary N) is 2. The SMILES string of the molecule is Cc1cc(NC(=O)CCC(=O)N(C2CC2)[C@H](C(=O)NC(C)(C)C)c2ccccc2Cl)no1. The summed E-state index contributed by atoms with van der Waals surface area (Å²) < 4.78 is 4.93. The third-order valence-electron chi connectivity index (χ3n) is 4.91. The second kappa shape index (κ2) is 9.73. The minimum Gasteiger partial charge on any atom is -0.360 e. The van der Waals surface area contributed by atoms with Crippen LogP contribution in [0, 0.1) is 6.92 Å². The van der Waals surface area contributed by atoms with Crippen molar-refractivity contribution in [3.63, 3.8) is 0 Å². The molecule has 1 aliphatic rings. The summed E-state index contributed by atoms with van der Waals surface area (Å²) in [5.41, 5.74) is 0.0866. The number of amides is 3. The summed E-state index contributed by atoms with van der Waals surface area (Å²) >= 11 is 6.43. The number of anilines is 1. The quantitative estimate of drug-likeness (QED) is 0.619. The van der Waals surface area contributed by atoms with Gasteiger partial charge in [0.1, 0.15) is 11.8 Å². The van der Waals surface area contributed by atoms with Gasteiger partial charge in [0.25, 0.3) is 0 Å². The highest BCUT2D eigenvalue weighted by Crippen LogP contribution is 2.38. The first-order chi connectivity index (χ1) is 15.0. The molecule has 3 rings (SSSR count). The minimum atomic E-state index is -0.871. The molecule has 1 fully saturated rings. The van der Waals surface area contributed by atoms with E-state index in [1.54, 1.807) is 42.2 Å².